The van der Waals surface area contributed by atoms with E-state index in [1.807, 2.05) is 32.9 Å². The predicted octanol–water partition coefficient (Wildman–Crippen LogP) is 13.6. The SMILES string of the molecule is CCCCCCCCOCCOc1cc(C(=O)Oc2ccc(OC(=O)c3cc(C)c(C)c(C)c3)c(C)c2)cc(OCCOCCCCCCCC)c1OCCOCCCCCCCC. The van der Waals surface area contributed by atoms with Crippen LogP contribution in [0.4, 0.5) is 0 Å². The predicted molar refractivity (Wildman–Crippen MR) is 257 cm³/mol. The van der Waals surface area contributed by atoms with Gasteiger partial charge >= 0.3 is 11.9 Å². The van der Waals surface area contributed by atoms with Gasteiger partial charge in [-0.25, -0.2) is 9.59 Å². The van der Waals surface area contributed by atoms with Gasteiger partial charge < -0.3 is 37.9 Å². The van der Waals surface area contributed by atoms with Crippen molar-refractivity contribution in [3.8, 4) is 28.7 Å². The van der Waals surface area contributed by atoms with Crippen molar-refractivity contribution < 1.29 is 47.5 Å². The Bertz CT molecular complexity index is 1690. The molecule has 64 heavy (non-hydrogen) atoms. The fourth-order valence-electron chi connectivity index (χ4n) is 7.21. The second kappa shape index (κ2) is 33.4. The van der Waals surface area contributed by atoms with Crippen LogP contribution in [0.5, 0.6) is 28.7 Å². The summed E-state index contributed by atoms with van der Waals surface area (Å²) in [6, 6.07) is 11.8. The van der Waals surface area contributed by atoms with Crippen LogP contribution in [0.25, 0.3) is 0 Å². The molecule has 0 aliphatic carbocycles. The van der Waals surface area contributed by atoms with Crippen molar-refractivity contribution >= 4 is 11.9 Å². The number of esters is 2. The summed E-state index contributed by atoms with van der Waals surface area (Å²) in [7, 11) is 0. The van der Waals surface area contributed by atoms with Gasteiger partial charge in [-0.05, 0) is 112 Å². The summed E-state index contributed by atoms with van der Waals surface area (Å²) in [6.45, 7) is 18.4. The number of aryl methyl sites for hydroxylation is 3. The Morgan fingerprint density at radius 3 is 1.25 bits per heavy atom. The van der Waals surface area contributed by atoms with Crippen molar-refractivity contribution in [2.75, 3.05) is 59.5 Å². The molecular formula is C54H82O10. The summed E-state index contributed by atoms with van der Waals surface area (Å²) in [5, 5.41) is 0. The average Bonchev–Trinajstić information content (AvgIpc) is 3.28. The van der Waals surface area contributed by atoms with Gasteiger partial charge in [0.1, 0.15) is 31.3 Å². The van der Waals surface area contributed by atoms with Crippen LogP contribution < -0.4 is 23.7 Å². The minimum Gasteiger partial charge on any atom is -0.487 e. The van der Waals surface area contributed by atoms with Gasteiger partial charge in [0.05, 0.1) is 30.9 Å². The van der Waals surface area contributed by atoms with Crippen LogP contribution in [-0.2, 0) is 14.2 Å². The first kappa shape index (κ1) is 54.2. The topological polar surface area (TPSA) is 108 Å². The lowest BCUT2D eigenvalue weighted by molar-refractivity contribution is 0.0715. The molecule has 0 radical (unpaired) electrons. The van der Waals surface area contributed by atoms with Crippen LogP contribution in [-0.4, -0.2) is 71.4 Å². The number of ether oxygens (including phenoxy) is 8. The van der Waals surface area contributed by atoms with Gasteiger partial charge in [0.2, 0.25) is 5.75 Å². The van der Waals surface area contributed by atoms with E-state index in [1.165, 1.54) is 77.0 Å². The Morgan fingerprint density at radius 2 is 0.797 bits per heavy atom. The third kappa shape index (κ3) is 21.7. The van der Waals surface area contributed by atoms with Crippen molar-refractivity contribution in [3.63, 3.8) is 0 Å². The van der Waals surface area contributed by atoms with Crippen molar-refractivity contribution in [2.24, 2.45) is 0 Å². The van der Waals surface area contributed by atoms with E-state index in [4.69, 9.17) is 37.9 Å². The molecule has 0 heterocycles. The fraction of sp³-hybridized carbons (Fsp3) is 0.630. The summed E-state index contributed by atoms with van der Waals surface area (Å²) in [5.41, 5.74) is 4.52. The summed E-state index contributed by atoms with van der Waals surface area (Å²) in [4.78, 5) is 27.0. The van der Waals surface area contributed by atoms with Crippen molar-refractivity contribution in [2.45, 2.75) is 164 Å². The van der Waals surface area contributed by atoms with Crippen molar-refractivity contribution in [1.29, 1.82) is 0 Å². The van der Waals surface area contributed by atoms with E-state index in [-0.39, 0.29) is 25.4 Å². The smallest absolute Gasteiger partial charge is 0.343 e. The zero-order valence-electron chi connectivity index (χ0n) is 40.7. The zero-order valence-corrected chi connectivity index (χ0v) is 40.7. The minimum absolute atomic E-state index is 0.218. The molecule has 0 aromatic heterocycles. The molecule has 0 spiro atoms. The average molecular weight is 891 g/mol. The number of rotatable bonds is 37. The van der Waals surface area contributed by atoms with E-state index < -0.39 is 11.9 Å². The summed E-state index contributed by atoms with van der Waals surface area (Å²) in [6.07, 6.45) is 21.4. The van der Waals surface area contributed by atoms with Gasteiger partial charge in [0.15, 0.2) is 11.5 Å². The second-order valence-corrected chi connectivity index (χ2v) is 16.9. The van der Waals surface area contributed by atoms with Crippen LogP contribution in [0, 0.1) is 27.7 Å². The van der Waals surface area contributed by atoms with E-state index >= 15 is 0 Å². The molecule has 3 aromatic carbocycles. The quantitative estimate of drug-likeness (QED) is 0.0315. The van der Waals surface area contributed by atoms with Crippen LogP contribution in [0.3, 0.4) is 0 Å². The molecule has 0 amide bonds. The number of benzene rings is 3. The van der Waals surface area contributed by atoms with Crippen LogP contribution in [0.15, 0.2) is 42.5 Å². The lowest BCUT2D eigenvalue weighted by Crippen LogP contribution is -2.15. The molecule has 10 nitrogen and oxygen atoms in total. The summed E-state index contributed by atoms with van der Waals surface area (Å²) >= 11 is 0. The molecule has 0 unspecified atom stereocenters. The van der Waals surface area contributed by atoms with Gasteiger partial charge in [-0.2, -0.15) is 0 Å². The monoisotopic (exact) mass is 891 g/mol. The van der Waals surface area contributed by atoms with E-state index in [0.717, 1.165) is 55.2 Å². The largest absolute Gasteiger partial charge is 0.487 e. The third-order valence-electron chi connectivity index (χ3n) is 11.4. The molecule has 3 aromatic rings. The number of carbonyl (C=O) groups is 2. The van der Waals surface area contributed by atoms with Gasteiger partial charge in [-0.1, -0.05) is 117 Å². The Morgan fingerprint density at radius 1 is 0.391 bits per heavy atom. The molecule has 0 atom stereocenters. The second-order valence-electron chi connectivity index (χ2n) is 16.9. The fourth-order valence-corrected chi connectivity index (χ4v) is 7.21. The minimum atomic E-state index is -0.614. The van der Waals surface area contributed by atoms with E-state index in [0.29, 0.717) is 79.5 Å². The lowest BCUT2D eigenvalue weighted by Gasteiger charge is -2.19. The van der Waals surface area contributed by atoms with E-state index in [1.54, 1.807) is 37.3 Å². The van der Waals surface area contributed by atoms with Crippen molar-refractivity contribution in [3.05, 3.63) is 75.8 Å². The van der Waals surface area contributed by atoms with Crippen LogP contribution >= 0.6 is 0 Å². The molecule has 10 heteroatoms. The molecule has 0 bridgehead atoms. The van der Waals surface area contributed by atoms with Gasteiger partial charge in [-0.15, -0.1) is 0 Å². The highest BCUT2D eigenvalue weighted by Crippen LogP contribution is 2.40. The van der Waals surface area contributed by atoms with E-state index in [2.05, 4.69) is 20.8 Å². The molecule has 3 rings (SSSR count). The highest BCUT2D eigenvalue weighted by molar-refractivity contribution is 5.93. The molecule has 0 aliphatic heterocycles. The molecule has 0 saturated carbocycles. The van der Waals surface area contributed by atoms with Crippen molar-refractivity contribution in [1.82, 2.24) is 0 Å². The Balaban J connectivity index is 1.76. The maximum atomic E-state index is 13.9. The first-order valence-corrected chi connectivity index (χ1v) is 24.6. The van der Waals surface area contributed by atoms with Gasteiger partial charge in [-0.3, -0.25) is 0 Å². The highest BCUT2D eigenvalue weighted by Gasteiger charge is 2.21. The number of hydrogen-bond donors (Lipinski definition) is 0. The highest BCUT2D eigenvalue weighted by atomic mass is 16.6. The van der Waals surface area contributed by atoms with Gasteiger partial charge in [0, 0.05) is 19.8 Å². The molecular weight excluding hydrogens is 809 g/mol. The van der Waals surface area contributed by atoms with Crippen LogP contribution in [0.2, 0.25) is 0 Å². The molecule has 0 fully saturated rings. The molecule has 0 saturated heterocycles. The Hall–Kier alpha value is -4.12. The maximum absolute atomic E-state index is 13.9. The molecule has 0 N–H and O–H groups in total. The standard InChI is InChI=1S/C54H82O10/c1-8-11-14-17-20-23-28-57-31-34-60-50-40-47(53(55)63-48-26-27-49(44(6)39-48)64-54(56)46-37-42(4)45(7)43(5)38-46)41-51(61-35-32-58-29-24-21-18-15-12-9-2)52(50)62-36-33-59-30-25-22-19-16-13-10-3/h26-27,37-41H,8-25,28-36H2,1-7H3. The summed E-state index contributed by atoms with van der Waals surface area (Å²) in [5.74, 6) is 0.675. The normalized spacial score (nSPS) is 11.2. The first-order chi connectivity index (χ1) is 31.2. The zero-order chi connectivity index (χ0) is 46.2. The number of hydrogen-bond acceptors (Lipinski definition) is 10. The number of unbranched alkanes of at least 4 members (excludes halogenated alkanes) is 15. The Labute approximate surface area is 386 Å². The van der Waals surface area contributed by atoms with Gasteiger partial charge in [0.25, 0.3) is 0 Å². The Kier molecular flexibility index (Phi) is 28.3. The molecule has 0 aliphatic rings. The number of carbonyl (C=O) groups excluding carboxylic acids is 2. The molecule has 358 valence electrons. The van der Waals surface area contributed by atoms with E-state index in [9.17, 15) is 9.59 Å². The maximum Gasteiger partial charge on any atom is 0.343 e. The first-order valence-electron chi connectivity index (χ1n) is 24.6. The third-order valence-corrected chi connectivity index (χ3v) is 11.4. The lowest BCUT2D eigenvalue weighted by atomic mass is 10.0. The summed E-state index contributed by atoms with van der Waals surface area (Å²) < 4.78 is 48.4. The van der Waals surface area contributed by atoms with Crippen LogP contribution in [0.1, 0.15) is 179 Å².